The van der Waals surface area contributed by atoms with E-state index in [1.807, 2.05) is 0 Å². The van der Waals surface area contributed by atoms with Crippen molar-refractivity contribution < 1.29 is 9.59 Å². The fourth-order valence-electron chi connectivity index (χ4n) is 0.391. The summed E-state index contributed by atoms with van der Waals surface area (Å²) in [6, 6.07) is -0.640. The first-order valence-corrected chi connectivity index (χ1v) is 3.21. The quantitative estimate of drug-likeness (QED) is 0.543. The van der Waals surface area contributed by atoms with Crippen LogP contribution in [0.4, 0.5) is 0 Å². The molecule has 0 bridgehead atoms. The molecule has 0 aliphatic carbocycles. The summed E-state index contributed by atoms with van der Waals surface area (Å²) < 4.78 is 0. The number of hydrogen-bond donors (Lipinski definition) is 2. The summed E-state index contributed by atoms with van der Waals surface area (Å²) in [6.07, 6.45) is 0. The minimum Gasteiger partial charge on any atom is -0.368 e. The maximum atomic E-state index is 10.8. The van der Waals surface area contributed by atoms with Crippen LogP contribution in [0.15, 0.2) is 12.2 Å². The number of hydrogen-bond acceptors (Lipinski definition) is 2. The number of carbonyl (C=O) groups excluding carboxylic acids is 2. The minimum atomic E-state index is -0.640. The Labute approximate surface area is 65.5 Å². The van der Waals surface area contributed by atoms with Crippen LogP contribution in [-0.4, -0.2) is 17.9 Å². The second kappa shape index (κ2) is 3.75. The van der Waals surface area contributed by atoms with Crippen LogP contribution in [0, 0.1) is 0 Å². The molecule has 0 saturated heterocycles. The van der Waals surface area contributed by atoms with Gasteiger partial charge in [0, 0.05) is 5.57 Å². The normalized spacial score (nSPS) is 11.8. The lowest BCUT2D eigenvalue weighted by molar-refractivity contribution is -0.124. The van der Waals surface area contributed by atoms with Crippen molar-refractivity contribution in [2.24, 2.45) is 5.73 Å². The smallest absolute Gasteiger partial charge is 0.246 e. The lowest BCUT2D eigenvalue weighted by Gasteiger charge is -2.08. The average Bonchev–Trinajstić information content (AvgIpc) is 1.87. The number of carbonyl (C=O) groups is 2. The van der Waals surface area contributed by atoms with E-state index in [4.69, 9.17) is 5.73 Å². The zero-order valence-electron chi connectivity index (χ0n) is 6.68. The molecule has 0 aliphatic heterocycles. The van der Waals surface area contributed by atoms with Crippen LogP contribution in [-0.2, 0) is 9.59 Å². The number of primary amides is 1. The van der Waals surface area contributed by atoms with Gasteiger partial charge in [0.15, 0.2) is 0 Å². The summed E-state index contributed by atoms with van der Waals surface area (Å²) in [4.78, 5) is 21.3. The summed E-state index contributed by atoms with van der Waals surface area (Å²) >= 11 is 0. The molecule has 0 aromatic rings. The van der Waals surface area contributed by atoms with Crippen molar-refractivity contribution in [3.63, 3.8) is 0 Å². The summed E-state index contributed by atoms with van der Waals surface area (Å²) in [7, 11) is 0. The molecule has 0 saturated carbocycles. The van der Waals surface area contributed by atoms with Gasteiger partial charge in [-0.3, -0.25) is 9.59 Å². The molecular weight excluding hydrogens is 144 g/mol. The van der Waals surface area contributed by atoms with E-state index in [1.54, 1.807) is 6.92 Å². The third kappa shape index (κ3) is 3.40. The predicted molar refractivity (Wildman–Crippen MR) is 41.6 cm³/mol. The third-order valence-electron chi connectivity index (χ3n) is 1.16. The van der Waals surface area contributed by atoms with Crippen LogP contribution in [0.3, 0.4) is 0 Å². The molecule has 3 N–H and O–H groups in total. The fraction of sp³-hybridized carbons (Fsp3) is 0.429. The molecular formula is C7H12N2O2. The van der Waals surface area contributed by atoms with Crippen molar-refractivity contribution in [1.29, 1.82) is 0 Å². The van der Waals surface area contributed by atoms with Gasteiger partial charge in [-0.05, 0) is 13.8 Å². The molecule has 4 nitrogen and oxygen atoms in total. The maximum absolute atomic E-state index is 10.8. The van der Waals surface area contributed by atoms with E-state index in [0.29, 0.717) is 5.57 Å². The Kier molecular flexibility index (Phi) is 3.30. The van der Waals surface area contributed by atoms with E-state index < -0.39 is 11.9 Å². The van der Waals surface area contributed by atoms with Crippen molar-refractivity contribution in [2.75, 3.05) is 0 Å². The fourth-order valence-corrected chi connectivity index (χ4v) is 0.391. The minimum absolute atomic E-state index is 0.351. The molecule has 62 valence electrons. The highest BCUT2D eigenvalue weighted by Crippen LogP contribution is 1.87. The van der Waals surface area contributed by atoms with Crippen LogP contribution in [0.25, 0.3) is 0 Å². The molecule has 1 atom stereocenters. The Hall–Kier alpha value is -1.32. The highest BCUT2D eigenvalue weighted by Gasteiger charge is 2.11. The number of nitrogens with two attached hydrogens (primary N) is 1. The second-order valence-corrected chi connectivity index (χ2v) is 2.38. The summed E-state index contributed by atoms with van der Waals surface area (Å²) in [5.74, 6) is -0.907. The van der Waals surface area contributed by atoms with Gasteiger partial charge in [-0.15, -0.1) is 0 Å². The molecule has 0 aromatic carbocycles. The molecule has 0 aliphatic rings. The lowest BCUT2D eigenvalue weighted by Crippen LogP contribution is -2.42. The molecule has 1 unspecified atom stereocenters. The zero-order valence-corrected chi connectivity index (χ0v) is 6.68. The monoisotopic (exact) mass is 156 g/mol. The molecule has 0 heterocycles. The Bertz CT molecular complexity index is 199. The van der Waals surface area contributed by atoms with Crippen LogP contribution in [0.1, 0.15) is 13.8 Å². The van der Waals surface area contributed by atoms with E-state index >= 15 is 0 Å². The van der Waals surface area contributed by atoms with Crippen LogP contribution < -0.4 is 11.1 Å². The Morgan fingerprint density at radius 3 is 2.27 bits per heavy atom. The largest absolute Gasteiger partial charge is 0.368 e. The van der Waals surface area contributed by atoms with Crippen LogP contribution in [0.2, 0.25) is 0 Å². The maximum Gasteiger partial charge on any atom is 0.246 e. The van der Waals surface area contributed by atoms with Gasteiger partial charge < -0.3 is 11.1 Å². The molecule has 0 fully saturated rings. The lowest BCUT2D eigenvalue weighted by atomic mass is 10.2. The van der Waals surface area contributed by atoms with E-state index in [9.17, 15) is 9.59 Å². The second-order valence-electron chi connectivity index (χ2n) is 2.38. The third-order valence-corrected chi connectivity index (χ3v) is 1.16. The number of rotatable bonds is 3. The van der Waals surface area contributed by atoms with Crippen LogP contribution in [0.5, 0.6) is 0 Å². The van der Waals surface area contributed by atoms with Gasteiger partial charge in [-0.25, -0.2) is 0 Å². The molecule has 11 heavy (non-hydrogen) atoms. The molecule has 0 radical (unpaired) electrons. The number of amides is 2. The summed E-state index contributed by atoms with van der Waals surface area (Å²) in [5.41, 5.74) is 5.26. The molecule has 2 amide bonds. The van der Waals surface area contributed by atoms with Crippen molar-refractivity contribution in [2.45, 2.75) is 19.9 Å². The van der Waals surface area contributed by atoms with Crippen molar-refractivity contribution in [1.82, 2.24) is 5.32 Å². The van der Waals surface area contributed by atoms with Gasteiger partial charge in [0.1, 0.15) is 6.04 Å². The van der Waals surface area contributed by atoms with Gasteiger partial charge in [0.25, 0.3) is 0 Å². The Morgan fingerprint density at radius 2 is 2.00 bits per heavy atom. The predicted octanol–water partition coefficient (Wildman–Crippen LogP) is -0.448. The van der Waals surface area contributed by atoms with Crippen LogP contribution >= 0.6 is 0 Å². The number of nitrogens with one attached hydrogen (secondary N) is 1. The van der Waals surface area contributed by atoms with E-state index in [-0.39, 0.29) is 5.91 Å². The summed E-state index contributed by atoms with van der Waals surface area (Å²) in [5, 5.41) is 2.37. The Balaban J connectivity index is 3.95. The standard InChI is InChI=1S/C7H12N2O2/c1-4(2)7(11)9-5(3)6(8)10/h5H,1H2,2-3H3,(H2,8,10)(H,9,11). The molecule has 4 heteroatoms. The topological polar surface area (TPSA) is 72.2 Å². The average molecular weight is 156 g/mol. The van der Waals surface area contributed by atoms with Gasteiger partial charge in [-0.2, -0.15) is 0 Å². The van der Waals surface area contributed by atoms with Crippen molar-refractivity contribution >= 4 is 11.8 Å². The van der Waals surface area contributed by atoms with E-state index in [2.05, 4.69) is 11.9 Å². The first-order chi connectivity index (χ1) is 4.95. The highest BCUT2D eigenvalue weighted by atomic mass is 16.2. The first kappa shape index (κ1) is 9.68. The van der Waals surface area contributed by atoms with Crippen molar-refractivity contribution in [3.8, 4) is 0 Å². The molecule has 0 aromatic heterocycles. The Morgan fingerprint density at radius 1 is 1.55 bits per heavy atom. The molecule has 0 rings (SSSR count). The van der Waals surface area contributed by atoms with E-state index in [1.165, 1.54) is 6.92 Å². The van der Waals surface area contributed by atoms with Gasteiger partial charge in [0.05, 0.1) is 0 Å². The summed E-state index contributed by atoms with van der Waals surface area (Å²) in [6.45, 7) is 6.48. The van der Waals surface area contributed by atoms with Crippen molar-refractivity contribution in [3.05, 3.63) is 12.2 Å². The highest BCUT2D eigenvalue weighted by molar-refractivity contribution is 5.95. The molecule has 0 spiro atoms. The van der Waals surface area contributed by atoms with Gasteiger partial charge >= 0.3 is 0 Å². The van der Waals surface area contributed by atoms with Gasteiger partial charge in [-0.1, -0.05) is 6.58 Å². The zero-order chi connectivity index (χ0) is 9.02. The SMILES string of the molecule is C=C(C)C(=O)NC(C)C(N)=O. The van der Waals surface area contributed by atoms with E-state index in [0.717, 1.165) is 0 Å². The first-order valence-electron chi connectivity index (χ1n) is 3.21. The van der Waals surface area contributed by atoms with Gasteiger partial charge in [0.2, 0.25) is 11.8 Å².